The fourth-order valence-electron chi connectivity index (χ4n) is 0.716. The Morgan fingerprint density at radius 2 is 2.29 bits per heavy atom. The predicted molar refractivity (Wildman–Crippen MR) is 61.1 cm³/mol. The first kappa shape index (κ1) is 11.0. The maximum atomic E-state index is 8.59. The van der Waals surface area contributed by atoms with Crippen LogP contribution >= 0.6 is 11.3 Å². The third-order valence-corrected chi connectivity index (χ3v) is 2.78. The van der Waals surface area contributed by atoms with Crippen molar-refractivity contribution in [3.63, 3.8) is 0 Å². The number of hydrogen-bond donors (Lipinski definition) is 0. The molecule has 1 aromatic heterocycles. The van der Waals surface area contributed by atoms with E-state index in [2.05, 4.69) is 30.9 Å². The fraction of sp³-hybridized carbons (Fsp3) is 0.333. The molecule has 0 atom stereocenters. The lowest BCUT2D eigenvalue weighted by Gasteiger charge is -2.11. The molecule has 0 bridgehead atoms. The molecular weight excluding hydrogens is 212 g/mol. The zero-order valence-electron chi connectivity index (χ0n) is 8.44. The molecule has 0 aliphatic carbocycles. The number of nitrogens with zero attached hydrogens (tertiary/aromatic N) is 2. The van der Waals surface area contributed by atoms with E-state index in [1.807, 2.05) is 0 Å². The average Bonchev–Trinajstić information content (AvgIpc) is 2.50. The van der Waals surface area contributed by atoms with E-state index in [0.717, 1.165) is 4.88 Å². The first-order valence-electron chi connectivity index (χ1n) is 4.21. The van der Waals surface area contributed by atoms with Gasteiger partial charge in [0.05, 0.1) is 11.8 Å². The van der Waals surface area contributed by atoms with Gasteiger partial charge >= 0.3 is 0 Å². The van der Waals surface area contributed by atoms with E-state index in [9.17, 15) is 0 Å². The second kappa shape index (κ2) is 4.40. The summed E-state index contributed by atoms with van der Waals surface area (Å²) in [5.74, 6) is 0. The topological polar surface area (TPSA) is 45.4 Å². The highest BCUT2D eigenvalue weighted by Crippen LogP contribution is 2.11. The smallest absolute Gasteiger partial charge is 0.278 e. The van der Waals surface area contributed by atoms with E-state index in [1.165, 1.54) is 11.3 Å². The van der Waals surface area contributed by atoms with Crippen molar-refractivity contribution in [2.45, 2.75) is 19.6 Å². The number of hydrogen-bond acceptors (Lipinski definition) is 4. The summed E-state index contributed by atoms with van der Waals surface area (Å²) in [5.41, 5.74) is 0.671. The fourth-order valence-corrected chi connectivity index (χ4v) is 1.77. The molecule has 0 spiro atoms. The van der Waals surface area contributed by atoms with Crippen molar-refractivity contribution in [1.29, 1.82) is 5.26 Å². The Hall–Kier alpha value is -1.12. The van der Waals surface area contributed by atoms with Crippen LogP contribution in [-0.4, -0.2) is 14.5 Å². The van der Waals surface area contributed by atoms with Crippen LogP contribution in [0.25, 0.3) is 0 Å². The van der Waals surface area contributed by atoms with Crippen LogP contribution in [0.1, 0.15) is 10.4 Å². The zero-order valence-corrected chi connectivity index (χ0v) is 10.3. The van der Waals surface area contributed by atoms with Crippen molar-refractivity contribution in [2.75, 3.05) is 0 Å². The highest BCUT2D eigenvalue weighted by atomic mass is 32.1. The van der Waals surface area contributed by atoms with Crippen LogP contribution < -0.4 is 0 Å². The molecule has 0 fully saturated rings. The minimum Gasteiger partial charge on any atom is -0.456 e. The van der Waals surface area contributed by atoms with Crippen molar-refractivity contribution in [3.8, 4) is 6.07 Å². The largest absolute Gasteiger partial charge is 0.456 e. The van der Waals surface area contributed by atoms with Gasteiger partial charge in [-0.3, -0.25) is 0 Å². The molecule has 0 unspecified atom stereocenters. The van der Waals surface area contributed by atoms with Gasteiger partial charge in [0, 0.05) is 10.3 Å². The van der Waals surface area contributed by atoms with Gasteiger partial charge in [-0.15, -0.1) is 16.5 Å². The Kier molecular flexibility index (Phi) is 3.44. The van der Waals surface area contributed by atoms with Gasteiger partial charge in [0.25, 0.3) is 8.32 Å². The molecule has 74 valence electrons. The number of oxime groups is 1. The summed E-state index contributed by atoms with van der Waals surface area (Å²) < 4.78 is 5.31. The SMILES string of the molecule is C[Si](C)(C)ON=Cc1cc(C#N)cs1. The van der Waals surface area contributed by atoms with Gasteiger partial charge in [-0.05, 0) is 25.7 Å². The predicted octanol–water partition coefficient (Wildman–Crippen LogP) is 2.81. The van der Waals surface area contributed by atoms with Crippen LogP contribution in [0, 0.1) is 11.3 Å². The Morgan fingerprint density at radius 1 is 1.57 bits per heavy atom. The van der Waals surface area contributed by atoms with Gasteiger partial charge in [0.15, 0.2) is 0 Å². The van der Waals surface area contributed by atoms with Crippen LogP contribution in [0.15, 0.2) is 16.6 Å². The third kappa shape index (κ3) is 3.73. The molecule has 3 nitrogen and oxygen atoms in total. The molecule has 0 amide bonds. The first-order chi connectivity index (χ1) is 6.51. The number of thiophene rings is 1. The molecule has 1 aromatic rings. The van der Waals surface area contributed by atoms with Gasteiger partial charge in [0.1, 0.15) is 6.07 Å². The molecule has 1 heterocycles. The molecule has 0 saturated heterocycles. The molecule has 0 radical (unpaired) electrons. The van der Waals surface area contributed by atoms with E-state index < -0.39 is 8.32 Å². The van der Waals surface area contributed by atoms with E-state index in [4.69, 9.17) is 9.79 Å². The maximum absolute atomic E-state index is 8.59. The van der Waals surface area contributed by atoms with E-state index in [1.54, 1.807) is 17.7 Å². The summed E-state index contributed by atoms with van der Waals surface area (Å²) in [4.78, 5) is 0.944. The van der Waals surface area contributed by atoms with Crippen molar-refractivity contribution < 1.29 is 4.53 Å². The monoisotopic (exact) mass is 224 g/mol. The Bertz CT molecular complexity index is 373. The Balaban J connectivity index is 2.57. The quantitative estimate of drug-likeness (QED) is 0.450. The van der Waals surface area contributed by atoms with E-state index in [-0.39, 0.29) is 0 Å². The van der Waals surface area contributed by atoms with Crippen LogP contribution in [0.5, 0.6) is 0 Å². The lowest BCUT2D eigenvalue weighted by molar-refractivity contribution is 0.338. The van der Waals surface area contributed by atoms with E-state index in [0.29, 0.717) is 5.56 Å². The van der Waals surface area contributed by atoms with Gasteiger partial charge < -0.3 is 4.53 Å². The molecule has 0 N–H and O–H groups in total. The Morgan fingerprint density at radius 3 is 2.79 bits per heavy atom. The van der Waals surface area contributed by atoms with Crippen molar-refractivity contribution in [1.82, 2.24) is 0 Å². The molecule has 0 aliphatic rings. The second-order valence-electron chi connectivity index (χ2n) is 3.79. The normalized spacial score (nSPS) is 11.6. The standard InChI is InChI=1S/C9H12N2OSSi/c1-14(2,3)12-11-6-9-4-8(5-10)7-13-9/h4,6-7H,1-3H3. The Labute approximate surface area is 88.8 Å². The second-order valence-corrected chi connectivity index (χ2v) is 9.14. The van der Waals surface area contributed by atoms with Crippen molar-refractivity contribution in [2.24, 2.45) is 5.16 Å². The van der Waals surface area contributed by atoms with Crippen LogP contribution in [0.2, 0.25) is 19.6 Å². The van der Waals surface area contributed by atoms with Crippen LogP contribution in [0.3, 0.4) is 0 Å². The van der Waals surface area contributed by atoms with Crippen molar-refractivity contribution in [3.05, 3.63) is 21.9 Å². The molecule has 5 heteroatoms. The van der Waals surface area contributed by atoms with Crippen LogP contribution in [-0.2, 0) is 4.53 Å². The summed E-state index contributed by atoms with van der Waals surface area (Å²) in [5, 5.41) is 14.3. The minimum atomic E-state index is -1.57. The third-order valence-electron chi connectivity index (χ3n) is 1.26. The average molecular weight is 224 g/mol. The van der Waals surface area contributed by atoms with Gasteiger partial charge in [-0.1, -0.05) is 0 Å². The molecular formula is C9H12N2OSSi. The molecule has 0 aliphatic heterocycles. The minimum absolute atomic E-state index is 0.671. The molecule has 14 heavy (non-hydrogen) atoms. The summed E-state index contributed by atoms with van der Waals surface area (Å²) in [6.45, 7) is 6.21. The molecule has 1 rings (SSSR count). The highest BCUT2D eigenvalue weighted by Gasteiger charge is 2.15. The summed E-state index contributed by atoms with van der Waals surface area (Å²) in [7, 11) is -1.57. The summed E-state index contributed by atoms with van der Waals surface area (Å²) >= 11 is 1.49. The van der Waals surface area contributed by atoms with Crippen LogP contribution in [0.4, 0.5) is 0 Å². The highest BCUT2D eigenvalue weighted by molar-refractivity contribution is 7.11. The summed E-state index contributed by atoms with van der Waals surface area (Å²) in [6, 6.07) is 3.86. The summed E-state index contributed by atoms with van der Waals surface area (Å²) in [6.07, 6.45) is 1.66. The maximum Gasteiger partial charge on any atom is 0.278 e. The molecule has 0 saturated carbocycles. The lowest BCUT2D eigenvalue weighted by atomic mass is 10.3. The van der Waals surface area contributed by atoms with Crippen molar-refractivity contribution >= 4 is 25.9 Å². The van der Waals surface area contributed by atoms with Gasteiger partial charge in [-0.25, -0.2) is 0 Å². The first-order valence-corrected chi connectivity index (χ1v) is 8.50. The van der Waals surface area contributed by atoms with Gasteiger partial charge in [0.2, 0.25) is 0 Å². The number of rotatable bonds is 3. The zero-order chi connectivity index (χ0) is 10.6. The van der Waals surface area contributed by atoms with E-state index >= 15 is 0 Å². The lowest BCUT2D eigenvalue weighted by Crippen LogP contribution is -2.22. The van der Waals surface area contributed by atoms with Gasteiger partial charge in [-0.2, -0.15) is 5.26 Å². The molecule has 0 aromatic carbocycles. The number of nitriles is 1.